The molecule has 0 fully saturated rings. The number of carbonyl (C=O) groups excluding carboxylic acids is 1. The molecule has 106 valence electrons. The van der Waals surface area contributed by atoms with Gasteiger partial charge in [0.15, 0.2) is 0 Å². The summed E-state index contributed by atoms with van der Waals surface area (Å²) in [6, 6.07) is 3.85. The van der Waals surface area contributed by atoms with Crippen molar-refractivity contribution in [2.75, 3.05) is 26.9 Å². The molecule has 0 aromatic carbocycles. The van der Waals surface area contributed by atoms with E-state index in [4.69, 9.17) is 9.47 Å². The van der Waals surface area contributed by atoms with E-state index >= 15 is 0 Å². The molecule has 0 bridgehead atoms. The van der Waals surface area contributed by atoms with Crippen LogP contribution >= 0.6 is 0 Å². The summed E-state index contributed by atoms with van der Waals surface area (Å²) in [5, 5.41) is 2.92. The minimum atomic E-state index is -0.133. The first kappa shape index (κ1) is 15.6. The Balaban J connectivity index is 2.46. The number of pyridine rings is 1. The smallest absolute Gasteiger partial charge is 0.246 e. The number of carbonyl (C=O) groups is 1. The van der Waals surface area contributed by atoms with Crippen LogP contribution in [0.3, 0.4) is 0 Å². The molecule has 5 nitrogen and oxygen atoms in total. The van der Waals surface area contributed by atoms with Crippen molar-refractivity contribution in [3.8, 4) is 0 Å². The summed E-state index contributed by atoms with van der Waals surface area (Å²) in [5.41, 5.74) is 2.02. The minimum Gasteiger partial charge on any atom is -0.382 e. The highest BCUT2D eigenvalue weighted by Crippen LogP contribution is 2.14. The van der Waals surface area contributed by atoms with Crippen LogP contribution in [-0.4, -0.2) is 37.8 Å². The number of aromatic nitrogens is 1. The van der Waals surface area contributed by atoms with Crippen molar-refractivity contribution in [2.45, 2.75) is 26.3 Å². The van der Waals surface area contributed by atoms with Crippen molar-refractivity contribution in [2.24, 2.45) is 0 Å². The Labute approximate surface area is 114 Å². The van der Waals surface area contributed by atoms with E-state index in [1.807, 2.05) is 26.0 Å². The second kappa shape index (κ2) is 8.61. The van der Waals surface area contributed by atoms with Crippen LogP contribution in [0.2, 0.25) is 0 Å². The van der Waals surface area contributed by atoms with Gasteiger partial charge in [0.25, 0.3) is 0 Å². The molecule has 1 atom stereocenters. The average molecular weight is 266 g/mol. The van der Waals surface area contributed by atoms with Crippen molar-refractivity contribution in [1.29, 1.82) is 0 Å². The normalized spacial score (nSPS) is 12.2. The Morgan fingerprint density at radius 2 is 2.26 bits per heavy atom. The Kier molecular flexibility index (Phi) is 7.07. The molecule has 0 unspecified atom stereocenters. The van der Waals surface area contributed by atoms with Gasteiger partial charge >= 0.3 is 0 Å². The summed E-state index contributed by atoms with van der Waals surface area (Å²) in [7, 11) is 1.60. The molecule has 19 heavy (non-hydrogen) atoms. The number of nitrogens with zero attached hydrogens (tertiary/aromatic N) is 1. The third-order valence-corrected chi connectivity index (χ3v) is 2.70. The lowest BCUT2D eigenvalue weighted by atomic mass is 10.1. The second-order valence-electron chi connectivity index (χ2n) is 4.33. The highest BCUT2D eigenvalue weighted by molar-refractivity contribution is 5.77. The van der Waals surface area contributed by atoms with Gasteiger partial charge in [0.2, 0.25) is 5.91 Å². The number of rotatable bonds is 8. The fourth-order valence-corrected chi connectivity index (χ4v) is 1.68. The molecular formula is C14H22N2O3. The zero-order chi connectivity index (χ0) is 14.1. The molecule has 1 rings (SSSR count). The van der Waals surface area contributed by atoms with Crippen molar-refractivity contribution < 1.29 is 14.3 Å². The minimum absolute atomic E-state index is 0.0473. The lowest BCUT2D eigenvalue weighted by molar-refractivity contribution is -0.126. The van der Waals surface area contributed by atoms with Crippen LogP contribution in [0, 0.1) is 6.92 Å². The van der Waals surface area contributed by atoms with Crippen LogP contribution < -0.4 is 5.32 Å². The number of amides is 1. The van der Waals surface area contributed by atoms with Gasteiger partial charge in [0.05, 0.1) is 24.9 Å². The van der Waals surface area contributed by atoms with Crippen molar-refractivity contribution in [1.82, 2.24) is 10.3 Å². The SMILES string of the molecule is CC[C@@H](NC(=O)COCCOC)c1cc(C)ccn1. The molecular weight excluding hydrogens is 244 g/mol. The summed E-state index contributed by atoms with van der Waals surface area (Å²) in [6.07, 6.45) is 2.55. The zero-order valence-corrected chi connectivity index (χ0v) is 11.8. The van der Waals surface area contributed by atoms with Crippen LogP contribution in [0.15, 0.2) is 18.3 Å². The van der Waals surface area contributed by atoms with Gasteiger partial charge < -0.3 is 14.8 Å². The molecule has 1 amide bonds. The molecule has 1 N–H and O–H groups in total. The van der Waals surface area contributed by atoms with E-state index < -0.39 is 0 Å². The Morgan fingerprint density at radius 1 is 1.47 bits per heavy atom. The fourth-order valence-electron chi connectivity index (χ4n) is 1.68. The monoisotopic (exact) mass is 266 g/mol. The number of hydrogen-bond donors (Lipinski definition) is 1. The third-order valence-electron chi connectivity index (χ3n) is 2.70. The van der Waals surface area contributed by atoms with Gasteiger partial charge in [-0.15, -0.1) is 0 Å². The maximum absolute atomic E-state index is 11.7. The van der Waals surface area contributed by atoms with Gasteiger partial charge in [-0.25, -0.2) is 0 Å². The average Bonchev–Trinajstić information content (AvgIpc) is 2.41. The number of methoxy groups -OCH3 is 1. The van der Waals surface area contributed by atoms with Crippen LogP contribution in [-0.2, 0) is 14.3 Å². The molecule has 0 spiro atoms. The lowest BCUT2D eigenvalue weighted by Gasteiger charge is -2.17. The van der Waals surface area contributed by atoms with E-state index in [0.717, 1.165) is 17.7 Å². The lowest BCUT2D eigenvalue weighted by Crippen LogP contribution is -2.32. The quantitative estimate of drug-likeness (QED) is 0.726. The first-order valence-electron chi connectivity index (χ1n) is 6.46. The summed E-state index contributed by atoms with van der Waals surface area (Å²) in [6.45, 7) is 4.98. The molecule has 0 radical (unpaired) electrons. The van der Waals surface area contributed by atoms with E-state index in [2.05, 4.69) is 10.3 Å². The molecule has 0 saturated heterocycles. The van der Waals surface area contributed by atoms with E-state index in [9.17, 15) is 4.79 Å². The summed E-state index contributed by atoms with van der Waals surface area (Å²) < 4.78 is 10.0. The molecule has 1 heterocycles. The summed E-state index contributed by atoms with van der Waals surface area (Å²) in [5.74, 6) is -0.133. The van der Waals surface area contributed by atoms with Gasteiger partial charge in [0, 0.05) is 13.3 Å². The van der Waals surface area contributed by atoms with Gasteiger partial charge in [-0.1, -0.05) is 6.92 Å². The number of hydrogen-bond acceptors (Lipinski definition) is 4. The molecule has 0 aliphatic rings. The van der Waals surface area contributed by atoms with E-state index in [1.54, 1.807) is 13.3 Å². The number of ether oxygens (including phenoxy) is 2. The predicted molar refractivity (Wildman–Crippen MR) is 72.8 cm³/mol. The van der Waals surface area contributed by atoms with E-state index in [-0.39, 0.29) is 18.6 Å². The van der Waals surface area contributed by atoms with Crippen molar-refractivity contribution in [3.63, 3.8) is 0 Å². The highest BCUT2D eigenvalue weighted by Gasteiger charge is 2.13. The van der Waals surface area contributed by atoms with Crippen LogP contribution in [0.25, 0.3) is 0 Å². The largest absolute Gasteiger partial charge is 0.382 e. The molecule has 0 aliphatic carbocycles. The first-order chi connectivity index (χ1) is 9.17. The van der Waals surface area contributed by atoms with Crippen LogP contribution in [0.4, 0.5) is 0 Å². The van der Waals surface area contributed by atoms with Crippen molar-refractivity contribution in [3.05, 3.63) is 29.6 Å². The number of aryl methyl sites for hydroxylation is 1. The Bertz CT molecular complexity index is 396. The van der Waals surface area contributed by atoms with Crippen LogP contribution in [0.5, 0.6) is 0 Å². The Hall–Kier alpha value is -1.46. The highest BCUT2D eigenvalue weighted by atomic mass is 16.5. The number of nitrogens with one attached hydrogen (secondary N) is 1. The topological polar surface area (TPSA) is 60.5 Å². The second-order valence-corrected chi connectivity index (χ2v) is 4.33. The maximum atomic E-state index is 11.7. The standard InChI is InChI=1S/C14H22N2O3/c1-4-12(13-9-11(2)5-6-15-13)16-14(17)10-19-8-7-18-3/h5-6,9,12H,4,7-8,10H2,1-3H3,(H,16,17)/t12-/m1/s1. The van der Waals surface area contributed by atoms with Crippen LogP contribution in [0.1, 0.15) is 30.6 Å². The molecule has 0 saturated carbocycles. The summed E-state index contributed by atoms with van der Waals surface area (Å²) >= 11 is 0. The van der Waals surface area contributed by atoms with E-state index in [0.29, 0.717) is 13.2 Å². The molecule has 5 heteroatoms. The van der Waals surface area contributed by atoms with Crippen molar-refractivity contribution >= 4 is 5.91 Å². The third kappa shape index (κ3) is 5.81. The van der Waals surface area contributed by atoms with E-state index in [1.165, 1.54) is 0 Å². The van der Waals surface area contributed by atoms with Gasteiger partial charge in [-0.3, -0.25) is 9.78 Å². The maximum Gasteiger partial charge on any atom is 0.246 e. The zero-order valence-electron chi connectivity index (χ0n) is 11.8. The molecule has 0 aliphatic heterocycles. The fraction of sp³-hybridized carbons (Fsp3) is 0.571. The molecule has 1 aromatic rings. The Morgan fingerprint density at radius 3 is 2.89 bits per heavy atom. The van der Waals surface area contributed by atoms with Gasteiger partial charge in [0.1, 0.15) is 6.61 Å². The predicted octanol–water partition coefficient (Wildman–Crippen LogP) is 1.62. The first-order valence-corrected chi connectivity index (χ1v) is 6.46. The molecule has 1 aromatic heterocycles. The van der Waals surface area contributed by atoms with Gasteiger partial charge in [-0.05, 0) is 31.0 Å². The summed E-state index contributed by atoms with van der Waals surface area (Å²) in [4.78, 5) is 16.0. The van der Waals surface area contributed by atoms with Gasteiger partial charge in [-0.2, -0.15) is 0 Å².